The highest BCUT2D eigenvalue weighted by molar-refractivity contribution is 5.78. The minimum Gasteiger partial charge on any atom is -0.384 e. The predicted molar refractivity (Wildman–Crippen MR) is 79.1 cm³/mol. The van der Waals surface area contributed by atoms with Gasteiger partial charge in [-0.2, -0.15) is 0 Å². The zero-order chi connectivity index (χ0) is 13.5. The highest BCUT2D eigenvalue weighted by Gasteiger charge is 2.16. The molecule has 0 radical (unpaired) electrons. The van der Waals surface area contributed by atoms with Crippen molar-refractivity contribution in [2.75, 3.05) is 12.3 Å². The van der Waals surface area contributed by atoms with Gasteiger partial charge in [-0.3, -0.25) is 0 Å². The highest BCUT2D eigenvalue weighted by Crippen LogP contribution is 2.27. The van der Waals surface area contributed by atoms with Crippen molar-refractivity contribution in [1.29, 1.82) is 0 Å². The standard InChI is InChI=1S/C15H15N5/c16-13-5-4-12-15(19-13)20-14(18-12)11-3-1-2-9-8-17-7-6-10(9)11/h1-5,17H,6-8H2,(H3,16,18,19,20). The molecule has 1 aliphatic rings. The Morgan fingerprint density at radius 3 is 3.00 bits per heavy atom. The van der Waals surface area contributed by atoms with Gasteiger partial charge < -0.3 is 16.0 Å². The number of nitrogens with two attached hydrogens (primary N) is 1. The number of fused-ring (bicyclic) bond motifs is 2. The molecule has 0 saturated heterocycles. The van der Waals surface area contributed by atoms with Gasteiger partial charge in [-0.1, -0.05) is 18.2 Å². The fourth-order valence-corrected chi connectivity index (χ4v) is 2.79. The average molecular weight is 265 g/mol. The molecule has 4 N–H and O–H groups in total. The highest BCUT2D eigenvalue weighted by atomic mass is 15.0. The van der Waals surface area contributed by atoms with Crippen LogP contribution < -0.4 is 11.1 Å². The van der Waals surface area contributed by atoms with Crippen LogP contribution in [0.1, 0.15) is 11.1 Å². The molecule has 0 fully saturated rings. The Hall–Kier alpha value is -2.40. The third-order valence-electron chi connectivity index (χ3n) is 3.76. The first-order chi connectivity index (χ1) is 9.81. The number of imidazole rings is 1. The summed E-state index contributed by atoms with van der Waals surface area (Å²) in [5.74, 6) is 1.37. The molecule has 2 aromatic heterocycles. The van der Waals surface area contributed by atoms with Gasteiger partial charge >= 0.3 is 0 Å². The number of rotatable bonds is 1. The van der Waals surface area contributed by atoms with Crippen LogP contribution in [0.25, 0.3) is 22.6 Å². The van der Waals surface area contributed by atoms with Crippen molar-refractivity contribution in [1.82, 2.24) is 20.3 Å². The lowest BCUT2D eigenvalue weighted by Crippen LogP contribution is -2.24. The first-order valence-corrected chi connectivity index (χ1v) is 6.75. The van der Waals surface area contributed by atoms with Gasteiger partial charge in [0.25, 0.3) is 0 Å². The lowest BCUT2D eigenvalue weighted by molar-refractivity contribution is 0.644. The number of nitrogens with zero attached hydrogens (tertiary/aromatic N) is 2. The maximum atomic E-state index is 5.71. The lowest BCUT2D eigenvalue weighted by atomic mass is 9.95. The third-order valence-corrected chi connectivity index (χ3v) is 3.76. The normalized spacial score (nSPS) is 14.4. The van der Waals surface area contributed by atoms with Gasteiger partial charge in [0.05, 0.1) is 5.52 Å². The Kier molecular flexibility index (Phi) is 2.47. The molecule has 0 spiro atoms. The molecule has 3 aromatic rings. The quantitative estimate of drug-likeness (QED) is 0.627. The Morgan fingerprint density at radius 1 is 1.10 bits per heavy atom. The van der Waals surface area contributed by atoms with E-state index < -0.39 is 0 Å². The first-order valence-electron chi connectivity index (χ1n) is 6.75. The number of anilines is 1. The summed E-state index contributed by atoms with van der Waals surface area (Å²) < 4.78 is 0. The van der Waals surface area contributed by atoms with Crippen LogP contribution in [-0.4, -0.2) is 21.5 Å². The maximum absolute atomic E-state index is 5.71. The Labute approximate surface area is 116 Å². The molecule has 0 saturated carbocycles. The summed E-state index contributed by atoms with van der Waals surface area (Å²) in [5.41, 5.74) is 11.2. The monoisotopic (exact) mass is 265 g/mol. The molecule has 3 heterocycles. The second-order valence-electron chi connectivity index (χ2n) is 5.06. The SMILES string of the molecule is Nc1ccc2[nH]c(-c3cccc4c3CCNC4)nc2n1. The van der Waals surface area contributed by atoms with Crippen molar-refractivity contribution in [2.45, 2.75) is 13.0 Å². The molecule has 0 atom stereocenters. The van der Waals surface area contributed by atoms with Crippen LogP contribution in [0.4, 0.5) is 5.82 Å². The lowest BCUT2D eigenvalue weighted by Gasteiger charge is -2.19. The summed E-state index contributed by atoms with van der Waals surface area (Å²) in [7, 11) is 0. The van der Waals surface area contributed by atoms with Crippen LogP contribution in [0.15, 0.2) is 30.3 Å². The summed E-state index contributed by atoms with van der Waals surface area (Å²) in [5, 5.41) is 3.39. The number of benzene rings is 1. The minimum atomic E-state index is 0.495. The molecule has 1 aromatic carbocycles. The molecule has 0 unspecified atom stereocenters. The predicted octanol–water partition coefficient (Wildman–Crippen LogP) is 1.85. The van der Waals surface area contributed by atoms with Crippen molar-refractivity contribution in [3.63, 3.8) is 0 Å². The molecular weight excluding hydrogens is 250 g/mol. The number of nitrogens with one attached hydrogen (secondary N) is 2. The van der Waals surface area contributed by atoms with Crippen LogP contribution in [0.5, 0.6) is 0 Å². The van der Waals surface area contributed by atoms with Crippen molar-refractivity contribution < 1.29 is 0 Å². The Balaban J connectivity index is 1.90. The molecule has 0 bridgehead atoms. The number of hydrogen-bond acceptors (Lipinski definition) is 4. The summed E-state index contributed by atoms with van der Waals surface area (Å²) in [6, 6.07) is 10.1. The third kappa shape index (κ3) is 1.75. The van der Waals surface area contributed by atoms with E-state index in [1.807, 2.05) is 6.07 Å². The van der Waals surface area contributed by atoms with E-state index in [1.165, 1.54) is 16.7 Å². The van der Waals surface area contributed by atoms with E-state index in [-0.39, 0.29) is 0 Å². The van der Waals surface area contributed by atoms with Gasteiger partial charge in [0.2, 0.25) is 0 Å². The van der Waals surface area contributed by atoms with E-state index in [9.17, 15) is 0 Å². The largest absolute Gasteiger partial charge is 0.384 e. The second kappa shape index (κ2) is 4.31. The van der Waals surface area contributed by atoms with Crippen molar-refractivity contribution in [3.8, 4) is 11.4 Å². The van der Waals surface area contributed by atoms with Crippen LogP contribution in [-0.2, 0) is 13.0 Å². The van der Waals surface area contributed by atoms with Crippen molar-refractivity contribution in [3.05, 3.63) is 41.5 Å². The second-order valence-corrected chi connectivity index (χ2v) is 5.06. The number of nitrogen functional groups attached to an aromatic ring is 1. The first kappa shape index (κ1) is 11.4. The van der Waals surface area contributed by atoms with E-state index in [1.54, 1.807) is 6.07 Å². The molecule has 5 heteroatoms. The van der Waals surface area contributed by atoms with Crippen LogP contribution in [0.2, 0.25) is 0 Å². The summed E-state index contributed by atoms with van der Waals surface area (Å²) in [6.45, 7) is 1.93. The Bertz CT molecular complexity index is 790. The van der Waals surface area contributed by atoms with Gasteiger partial charge in [0, 0.05) is 12.1 Å². The molecule has 20 heavy (non-hydrogen) atoms. The molecule has 1 aliphatic heterocycles. The number of H-pyrrole nitrogens is 1. The van der Waals surface area contributed by atoms with Gasteiger partial charge in [-0.05, 0) is 36.2 Å². The van der Waals surface area contributed by atoms with E-state index in [4.69, 9.17) is 5.73 Å². The summed E-state index contributed by atoms with van der Waals surface area (Å²) in [4.78, 5) is 12.2. The van der Waals surface area contributed by atoms with Crippen LogP contribution in [0.3, 0.4) is 0 Å². The molecule has 5 nitrogen and oxygen atoms in total. The molecular formula is C15H15N5. The number of pyridine rings is 1. The number of aromatic amines is 1. The molecule has 100 valence electrons. The maximum Gasteiger partial charge on any atom is 0.180 e. The molecule has 0 amide bonds. The minimum absolute atomic E-state index is 0.495. The van der Waals surface area contributed by atoms with Gasteiger partial charge in [-0.15, -0.1) is 0 Å². The smallest absolute Gasteiger partial charge is 0.180 e. The summed E-state index contributed by atoms with van der Waals surface area (Å²) >= 11 is 0. The van der Waals surface area contributed by atoms with Gasteiger partial charge in [0.15, 0.2) is 5.65 Å². The zero-order valence-electron chi connectivity index (χ0n) is 11.0. The van der Waals surface area contributed by atoms with Crippen molar-refractivity contribution >= 4 is 17.0 Å². The van der Waals surface area contributed by atoms with E-state index >= 15 is 0 Å². The number of hydrogen-bond donors (Lipinski definition) is 3. The topological polar surface area (TPSA) is 79.6 Å². The van der Waals surface area contributed by atoms with Gasteiger partial charge in [-0.25, -0.2) is 9.97 Å². The van der Waals surface area contributed by atoms with E-state index in [0.29, 0.717) is 11.5 Å². The van der Waals surface area contributed by atoms with Crippen LogP contribution >= 0.6 is 0 Å². The van der Waals surface area contributed by atoms with E-state index in [0.717, 1.165) is 30.9 Å². The average Bonchev–Trinajstić information content (AvgIpc) is 2.89. The molecule has 4 rings (SSSR count). The summed E-state index contributed by atoms with van der Waals surface area (Å²) in [6.07, 6.45) is 1.03. The van der Waals surface area contributed by atoms with Gasteiger partial charge in [0.1, 0.15) is 11.6 Å². The van der Waals surface area contributed by atoms with Crippen molar-refractivity contribution in [2.24, 2.45) is 0 Å². The Morgan fingerprint density at radius 2 is 2.05 bits per heavy atom. The van der Waals surface area contributed by atoms with E-state index in [2.05, 4.69) is 38.5 Å². The fraction of sp³-hybridized carbons (Fsp3) is 0.200. The molecule has 0 aliphatic carbocycles. The number of aromatic nitrogens is 3. The van der Waals surface area contributed by atoms with Crippen LogP contribution in [0, 0.1) is 0 Å². The zero-order valence-corrected chi connectivity index (χ0v) is 11.0. The fourth-order valence-electron chi connectivity index (χ4n) is 2.79.